The predicted octanol–water partition coefficient (Wildman–Crippen LogP) is 6.03. The minimum atomic E-state index is -0.362. The van der Waals surface area contributed by atoms with Gasteiger partial charge in [-0.3, -0.25) is 4.98 Å². The SMILES string of the molecule is CCOc1cnc2c(-c3nc4cc(F)c5c(c4s3)C[C@H](C)O5)cc(Cl)cc2c1. The summed E-state index contributed by atoms with van der Waals surface area (Å²) in [7, 11) is 0. The van der Waals surface area contributed by atoms with Gasteiger partial charge in [0.25, 0.3) is 0 Å². The van der Waals surface area contributed by atoms with Crippen LogP contribution in [0, 0.1) is 5.82 Å². The van der Waals surface area contributed by atoms with E-state index in [1.54, 1.807) is 6.20 Å². The quantitative estimate of drug-likeness (QED) is 0.410. The lowest BCUT2D eigenvalue weighted by molar-refractivity contribution is 0.245. The molecule has 0 aliphatic carbocycles. The molecule has 5 rings (SSSR count). The Morgan fingerprint density at radius 2 is 2.18 bits per heavy atom. The highest BCUT2D eigenvalue weighted by Crippen LogP contribution is 2.43. The second-order valence-electron chi connectivity index (χ2n) is 6.80. The van der Waals surface area contributed by atoms with Crippen molar-refractivity contribution in [2.24, 2.45) is 0 Å². The van der Waals surface area contributed by atoms with Crippen molar-refractivity contribution in [3.63, 3.8) is 0 Å². The summed E-state index contributed by atoms with van der Waals surface area (Å²) in [6.45, 7) is 4.43. The Morgan fingerprint density at radius 3 is 3.00 bits per heavy atom. The second-order valence-corrected chi connectivity index (χ2v) is 8.23. The van der Waals surface area contributed by atoms with Crippen LogP contribution in [-0.4, -0.2) is 22.7 Å². The Balaban J connectivity index is 1.72. The van der Waals surface area contributed by atoms with E-state index in [4.69, 9.17) is 21.1 Å². The highest BCUT2D eigenvalue weighted by atomic mass is 35.5. The number of nitrogens with zero attached hydrogens (tertiary/aromatic N) is 2. The van der Waals surface area contributed by atoms with Crippen molar-refractivity contribution < 1.29 is 13.9 Å². The number of aromatic nitrogens is 2. The van der Waals surface area contributed by atoms with E-state index in [0.717, 1.165) is 31.7 Å². The summed E-state index contributed by atoms with van der Waals surface area (Å²) >= 11 is 7.89. The van der Waals surface area contributed by atoms with Crippen molar-refractivity contribution >= 4 is 44.1 Å². The molecule has 1 atom stereocenters. The minimum Gasteiger partial charge on any atom is -0.492 e. The van der Waals surface area contributed by atoms with E-state index >= 15 is 0 Å². The maximum absolute atomic E-state index is 14.4. The molecule has 0 saturated heterocycles. The van der Waals surface area contributed by atoms with Crippen LogP contribution in [0.5, 0.6) is 11.5 Å². The van der Waals surface area contributed by atoms with Gasteiger partial charge >= 0.3 is 0 Å². The molecule has 2 aromatic heterocycles. The first-order chi connectivity index (χ1) is 13.5. The van der Waals surface area contributed by atoms with Gasteiger partial charge in [0.1, 0.15) is 16.9 Å². The molecule has 0 radical (unpaired) electrons. The Kier molecular flexibility index (Phi) is 4.14. The van der Waals surface area contributed by atoms with Gasteiger partial charge in [-0.2, -0.15) is 0 Å². The number of hydrogen-bond acceptors (Lipinski definition) is 5. The van der Waals surface area contributed by atoms with Gasteiger partial charge in [0, 0.05) is 34.0 Å². The summed E-state index contributed by atoms with van der Waals surface area (Å²) in [5.41, 5.74) is 3.14. The number of fused-ring (bicyclic) bond motifs is 4. The molecule has 0 unspecified atom stereocenters. The van der Waals surface area contributed by atoms with Crippen molar-refractivity contribution in [3.8, 4) is 22.1 Å². The Morgan fingerprint density at radius 1 is 1.32 bits per heavy atom. The lowest BCUT2D eigenvalue weighted by Crippen LogP contribution is -2.05. The maximum atomic E-state index is 14.4. The largest absolute Gasteiger partial charge is 0.492 e. The number of benzene rings is 2. The molecule has 1 aliphatic heterocycles. The number of hydrogen-bond donors (Lipinski definition) is 0. The van der Waals surface area contributed by atoms with Crippen LogP contribution < -0.4 is 9.47 Å². The van der Waals surface area contributed by atoms with Crippen LogP contribution in [0.25, 0.3) is 31.7 Å². The van der Waals surface area contributed by atoms with Gasteiger partial charge in [0.05, 0.1) is 28.5 Å². The molecule has 0 spiro atoms. The first kappa shape index (κ1) is 17.6. The van der Waals surface area contributed by atoms with Crippen LogP contribution in [-0.2, 0) is 6.42 Å². The third-order valence-corrected chi connectivity index (χ3v) is 6.14. The standard InChI is InChI=1S/C21H16ClFN2O2S/c1-3-26-13-6-11-5-12(22)7-14(18(11)24-9-13)21-25-17-8-16(23)19-15(20(17)28-21)4-10(2)27-19/h5-10H,3-4H2,1-2H3/t10-/m0/s1. The van der Waals surface area contributed by atoms with Gasteiger partial charge in [0.2, 0.25) is 0 Å². The van der Waals surface area contributed by atoms with Crippen molar-refractivity contribution in [2.45, 2.75) is 26.4 Å². The van der Waals surface area contributed by atoms with Crippen LogP contribution in [0.1, 0.15) is 19.4 Å². The highest BCUT2D eigenvalue weighted by molar-refractivity contribution is 7.22. The Bertz CT molecular complexity index is 1240. The molecule has 2 aromatic carbocycles. The highest BCUT2D eigenvalue weighted by Gasteiger charge is 2.27. The molecule has 0 saturated carbocycles. The van der Waals surface area contributed by atoms with Crippen molar-refractivity contribution in [2.75, 3.05) is 6.61 Å². The van der Waals surface area contributed by atoms with Gasteiger partial charge in [-0.25, -0.2) is 9.37 Å². The van der Waals surface area contributed by atoms with Gasteiger partial charge in [0.15, 0.2) is 11.6 Å². The molecule has 0 bridgehead atoms. The summed E-state index contributed by atoms with van der Waals surface area (Å²) in [5.74, 6) is 0.684. The summed E-state index contributed by atoms with van der Waals surface area (Å²) in [4.78, 5) is 9.26. The van der Waals surface area contributed by atoms with Crippen molar-refractivity contribution in [3.05, 3.63) is 46.9 Å². The van der Waals surface area contributed by atoms with Crippen LogP contribution in [0.3, 0.4) is 0 Å². The molecular formula is C21H16ClFN2O2S. The summed E-state index contributed by atoms with van der Waals surface area (Å²) in [6.07, 6.45) is 2.34. The fourth-order valence-electron chi connectivity index (χ4n) is 3.64. The summed E-state index contributed by atoms with van der Waals surface area (Å²) < 4.78 is 26.6. The van der Waals surface area contributed by atoms with E-state index in [-0.39, 0.29) is 11.9 Å². The smallest absolute Gasteiger partial charge is 0.167 e. The Labute approximate surface area is 169 Å². The van der Waals surface area contributed by atoms with Crippen LogP contribution in [0.2, 0.25) is 5.02 Å². The summed E-state index contributed by atoms with van der Waals surface area (Å²) in [5, 5.41) is 2.22. The van der Waals surface area contributed by atoms with Gasteiger partial charge in [-0.05, 0) is 32.0 Å². The predicted molar refractivity (Wildman–Crippen MR) is 110 cm³/mol. The monoisotopic (exact) mass is 414 g/mol. The zero-order chi connectivity index (χ0) is 19.4. The lowest BCUT2D eigenvalue weighted by atomic mass is 10.1. The van der Waals surface area contributed by atoms with Gasteiger partial charge in [-0.1, -0.05) is 11.6 Å². The first-order valence-corrected chi connectivity index (χ1v) is 10.2. The van der Waals surface area contributed by atoms with Crippen LogP contribution in [0.4, 0.5) is 4.39 Å². The van der Waals surface area contributed by atoms with Gasteiger partial charge < -0.3 is 9.47 Å². The molecule has 142 valence electrons. The van der Waals surface area contributed by atoms with E-state index in [1.807, 2.05) is 32.0 Å². The zero-order valence-corrected chi connectivity index (χ0v) is 16.8. The average molecular weight is 415 g/mol. The van der Waals surface area contributed by atoms with E-state index < -0.39 is 0 Å². The van der Waals surface area contributed by atoms with Crippen LogP contribution >= 0.6 is 22.9 Å². The molecule has 0 N–H and O–H groups in total. The second kappa shape index (κ2) is 6.57. The van der Waals surface area contributed by atoms with E-state index in [2.05, 4.69) is 9.97 Å². The molecular weight excluding hydrogens is 399 g/mol. The molecule has 4 aromatic rings. The molecule has 4 nitrogen and oxygen atoms in total. The van der Waals surface area contributed by atoms with Crippen LogP contribution in [0.15, 0.2) is 30.5 Å². The zero-order valence-electron chi connectivity index (χ0n) is 15.3. The normalized spacial score (nSPS) is 15.8. The molecule has 0 amide bonds. The Hall–Kier alpha value is -2.44. The first-order valence-electron chi connectivity index (χ1n) is 9.04. The molecule has 7 heteroatoms. The van der Waals surface area contributed by atoms with Crippen molar-refractivity contribution in [1.29, 1.82) is 0 Å². The number of pyridine rings is 1. The molecule has 1 aliphatic rings. The van der Waals surface area contributed by atoms with Gasteiger partial charge in [-0.15, -0.1) is 11.3 Å². The maximum Gasteiger partial charge on any atom is 0.167 e. The molecule has 0 fully saturated rings. The fourth-order valence-corrected chi connectivity index (χ4v) is 4.98. The van der Waals surface area contributed by atoms with E-state index in [0.29, 0.717) is 35.1 Å². The lowest BCUT2D eigenvalue weighted by Gasteiger charge is -2.07. The third-order valence-electron chi connectivity index (χ3n) is 4.76. The molecule has 28 heavy (non-hydrogen) atoms. The van der Waals surface area contributed by atoms with E-state index in [9.17, 15) is 4.39 Å². The molecule has 3 heterocycles. The van der Waals surface area contributed by atoms with Crippen molar-refractivity contribution in [1.82, 2.24) is 9.97 Å². The third kappa shape index (κ3) is 2.79. The number of thiazole rings is 1. The topological polar surface area (TPSA) is 44.2 Å². The average Bonchev–Trinajstić information content (AvgIpc) is 3.24. The number of ether oxygens (including phenoxy) is 2. The number of rotatable bonds is 3. The van der Waals surface area contributed by atoms with E-state index in [1.165, 1.54) is 17.4 Å². The summed E-state index contributed by atoms with van der Waals surface area (Å²) in [6, 6.07) is 7.07. The fraction of sp³-hybridized carbons (Fsp3) is 0.238. The minimum absolute atomic E-state index is 0.0358. The number of halogens is 2.